The maximum Gasteiger partial charge on any atom is 0.226 e. The van der Waals surface area contributed by atoms with Crippen molar-refractivity contribution in [3.63, 3.8) is 0 Å². The van der Waals surface area contributed by atoms with Gasteiger partial charge in [0, 0.05) is 30.4 Å². The van der Waals surface area contributed by atoms with Crippen molar-refractivity contribution in [1.82, 2.24) is 10.3 Å². The fraction of sp³-hybridized carbons (Fsp3) is 0.600. The minimum absolute atomic E-state index is 0.00550. The number of nitrogens with one attached hydrogen (secondary N) is 1. The van der Waals surface area contributed by atoms with Crippen LogP contribution in [0, 0.1) is 5.41 Å². The smallest absolute Gasteiger partial charge is 0.226 e. The van der Waals surface area contributed by atoms with Gasteiger partial charge in [0.05, 0.1) is 10.4 Å². The topological polar surface area (TPSA) is 42.0 Å². The first-order valence-electron chi connectivity index (χ1n) is 4.79. The van der Waals surface area contributed by atoms with Crippen LogP contribution in [-0.2, 0) is 11.2 Å². The summed E-state index contributed by atoms with van der Waals surface area (Å²) in [6, 6.07) is 0. The number of alkyl halides is 1. The van der Waals surface area contributed by atoms with Gasteiger partial charge in [-0.3, -0.25) is 4.79 Å². The second-order valence-electron chi connectivity index (χ2n) is 3.95. The van der Waals surface area contributed by atoms with E-state index in [1.165, 1.54) is 0 Å². The van der Waals surface area contributed by atoms with Crippen molar-refractivity contribution in [3.8, 4) is 0 Å². The maximum atomic E-state index is 11.6. The number of amides is 1. The lowest BCUT2D eigenvalue weighted by atomic mass is 9.95. The lowest BCUT2D eigenvalue weighted by Crippen LogP contribution is -2.39. The van der Waals surface area contributed by atoms with Gasteiger partial charge in [0.25, 0.3) is 0 Å². The number of aromatic nitrogens is 1. The number of thiazole rings is 1. The summed E-state index contributed by atoms with van der Waals surface area (Å²) in [5.74, 6) is 0.324. The van der Waals surface area contributed by atoms with E-state index in [-0.39, 0.29) is 5.91 Å². The van der Waals surface area contributed by atoms with Crippen LogP contribution >= 0.6 is 22.9 Å². The molecule has 0 radical (unpaired) electrons. The second-order valence-corrected chi connectivity index (χ2v) is 5.20. The number of nitrogens with zero attached hydrogens (tertiary/aromatic N) is 1. The van der Waals surface area contributed by atoms with E-state index >= 15 is 0 Å². The molecule has 0 aliphatic rings. The van der Waals surface area contributed by atoms with Gasteiger partial charge in [-0.25, -0.2) is 4.98 Å². The molecule has 1 amide bonds. The molecule has 1 N–H and O–H groups in total. The molecule has 0 spiro atoms. The largest absolute Gasteiger partial charge is 0.355 e. The molecule has 0 unspecified atom stereocenters. The Morgan fingerprint density at radius 2 is 2.40 bits per heavy atom. The summed E-state index contributed by atoms with van der Waals surface area (Å²) in [7, 11) is 0. The van der Waals surface area contributed by atoms with E-state index in [2.05, 4.69) is 10.3 Å². The summed E-state index contributed by atoms with van der Waals surface area (Å²) in [5.41, 5.74) is -0.496. The Morgan fingerprint density at radius 3 is 2.93 bits per heavy atom. The Balaban J connectivity index is 2.29. The minimum Gasteiger partial charge on any atom is -0.355 e. The van der Waals surface area contributed by atoms with Crippen molar-refractivity contribution in [1.29, 1.82) is 0 Å². The standard InChI is InChI=1S/C10H15ClN2OS/c1-10(2,7-11)9(14)13-4-3-8-12-5-6-15-8/h5-6H,3-4,7H2,1-2H3,(H,13,14). The van der Waals surface area contributed by atoms with Crippen molar-refractivity contribution in [2.24, 2.45) is 5.41 Å². The van der Waals surface area contributed by atoms with Crippen LogP contribution in [0.2, 0.25) is 0 Å². The molecule has 1 aromatic rings. The van der Waals surface area contributed by atoms with Gasteiger partial charge in [-0.15, -0.1) is 22.9 Å². The number of halogens is 1. The number of hydrogen-bond donors (Lipinski definition) is 1. The molecule has 0 aromatic carbocycles. The minimum atomic E-state index is -0.496. The van der Waals surface area contributed by atoms with E-state index in [1.54, 1.807) is 17.5 Å². The third kappa shape index (κ3) is 3.80. The second kappa shape index (κ2) is 5.47. The monoisotopic (exact) mass is 246 g/mol. The summed E-state index contributed by atoms with van der Waals surface area (Å²) in [6.07, 6.45) is 2.55. The van der Waals surface area contributed by atoms with Gasteiger partial charge < -0.3 is 5.32 Å². The van der Waals surface area contributed by atoms with Crippen LogP contribution in [0.15, 0.2) is 11.6 Å². The third-order valence-corrected chi connectivity index (χ3v) is 3.56. The average molecular weight is 247 g/mol. The molecule has 0 fully saturated rings. The Labute approximate surface area is 98.9 Å². The van der Waals surface area contributed by atoms with Gasteiger partial charge >= 0.3 is 0 Å². The lowest BCUT2D eigenvalue weighted by molar-refractivity contribution is -0.128. The molecule has 1 aromatic heterocycles. The molecular weight excluding hydrogens is 232 g/mol. The van der Waals surface area contributed by atoms with E-state index in [4.69, 9.17) is 11.6 Å². The predicted molar refractivity (Wildman–Crippen MR) is 63.3 cm³/mol. The third-order valence-electron chi connectivity index (χ3n) is 2.06. The van der Waals surface area contributed by atoms with Crippen LogP contribution in [0.5, 0.6) is 0 Å². The Hall–Kier alpha value is -0.610. The van der Waals surface area contributed by atoms with Crippen LogP contribution in [0.1, 0.15) is 18.9 Å². The Morgan fingerprint density at radius 1 is 1.67 bits per heavy atom. The van der Waals surface area contributed by atoms with E-state index in [9.17, 15) is 4.79 Å². The number of carbonyl (C=O) groups is 1. The van der Waals surface area contributed by atoms with Crippen molar-refractivity contribution in [2.75, 3.05) is 12.4 Å². The summed E-state index contributed by atoms with van der Waals surface area (Å²) >= 11 is 7.29. The highest BCUT2D eigenvalue weighted by Crippen LogP contribution is 2.16. The molecule has 0 atom stereocenters. The van der Waals surface area contributed by atoms with Crippen molar-refractivity contribution in [2.45, 2.75) is 20.3 Å². The van der Waals surface area contributed by atoms with E-state index in [1.807, 2.05) is 19.2 Å². The van der Waals surface area contributed by atoms with Crippen molar-refractivity contribution >= 4 is 28.8 Å². The molecule has 5 heteroatoms. The fourth-order valence-corrected chi connectivity index (χ4v) is 1.70. The van der Waals surface area contributed by atoms with Gasteiger partial charge in [-0.2, -0.15) is 0 Å². The summed E-state index contributed by atoms with van der Waals surface area (Å²) in [4.78, 5) is 15.7. The Kier molecular flexibility index (Phi) is 4.54. The fourth-order valence-electron chi connectivity index (χ4n) is 0.959. The first-order valence-corrected chi connectivity index (χ1v) is 6.20. The first kappa shape index (κ1) is 12.5. The quantitative estimate of drug-likeness (QED) is 0.809. The number of rotatable bonds is 5. The zero-order valence-corrected chi connectivity index (χ0v) is 10.5. The number of carbonyl (C=O) groups excluding carboxylic acids is 1. The molecule has 1 heterocycles. The van der Waals surface area contributed by atoms with Crippen LogP contribution < -0.4 is 5.32 Å². The van der Waals surface area contributed by atoms with E-state index in [0.29, 0.717) is 12.4 Å². The van der Waals surface area contributed by atoms with Gasteiger partial charge in [0.15, 0.2) is 0 Å². The Bertz CT molecular complexity index is 311. The highest BCUT2D eigenvalue weighted by molar-refractivity contribution is 7.09. The highest BCUT2D eigenvalue weighted by Gasteiger charge is 2.25. The van der Waals surface area contributed by atoms with Crippen LogP contribution in [0.4, 0.5) is 0 Å². The SMILES string of the molecule is CC(C)(CCl)C(=O)NCCc1nccs1. The van der Waals surface area contributed by atoms with Gasteiger partial charge in [-0.1, -0.05) is 0 Å². The van der Waals surface area contributed by atoms with Crippen LogP contribution in [0.3, 0.4) is 0 Å². The van der Waals surface area contributed by atoms with Gasteiger partial charge in [-0.05, 0) is 13.8 Å². The highest BCUT2D eigenvalue weighted by atomic mass is 35.5. The zero-order chi connectivity index (χ0) is 11.3. The zero-order valence-electron chi connectivity index (χ0n) is 8.92. The summed E-state index contributed by atoms with van der Waals surface area (Å²) in [6.45, 7) is 4.28. The van der Waals surface area contributed by atoms with Gasteiger partial charge in [0.1, 0.15) is 0 Å². The molecule has 3 nitrogen and oxygen atoms in total. The van der Waals surface area contributed by atoms with Gasteiger partial charge in [0.2, 0.25) is 5.91 Å². The molecule has 0 aliphatic heterocycles. The summed E-state index contributed by atoms with van der Waals surface area (Å²) < 4.78 is 0. The number of hydrogen-bond acceptors (Lipinski definition) is 3. The van der Waals surface area contributed by atoms with Crippen molar-refractivity contribution < 1.29 is 4.79 Å². The molecule has 0 aliphatic carbocycles. The molecule has 0 saturated carbocycles. The molecular formula is C10H15ClN2OS. The van der Waals surface area contributed by atoms with Crippen molar-refractivity contribution in [3.05, 3.63) is 16.6 Å². The lowest BCUT2D eigenvalue weighted by Gasteiger charge is -2.19. The molecule has 0 bridgehead atoms. The van der Waals surface area contributed by atoms with E-state index < -0.39 is 5.41 Å². The predicted octanol–water partition coefficient (Wildman–Crippen LogP) is 2.07. The van der Waals surface area contributed by atoms with Crippen LogP contribution in [-0.4, -0.2) is 23.3 Å². The first-order chi connectivity index (χ1) is 7.06. The molecule has 0 saturated heterocycles. The summed E-state index contributed by atoms with van der Waals surface area (Å²) in [5, 5.41) is 5.83. The normalized spacial score (nSPS) is 11.4. The molecule has 15 heavy (non-hydrogen) atoms. The maximum absolute atomic E-state index is 11.6. The average Bonchev–Trinajstić information content (AvgIpc) is 2.70. The van der Waals surface area contributed by atoms with Crippen LogP contribution in [0.25, 0.3) is 0 Å². The molecule has 1 rings (SSSR count). The van der Waals surface area contributed by atoms with E-state index in [0.717, 1.165) is 11.4 Å². The molecule has 84 valence electrons.